The Morgan fingerprint density at radius 3 is 2.33 bits per heavy atom. The Hall–Kier alpha value is -2.82. The van der Waals surface area contributed by atoms with Crippen LogP contribution >= 0.6 is 23.2 Å². The van der Waals surface area contributed by atoms with Crippen LogP contribution in [0.4, 0.5) is 0 Å². The minimum absolute atomic E-state index is 0.122. The number of Topliss-reactive ketones (excluding diaryl/α,β-unsaturated/α-hetero) is 1. The Morgan fingerprint density at radius 1 is 0.967 bits per heavy atom. The lowest BCUT2D eigenvalue weighted by molar-refractivity contribution is 0.0696. The molecule has 0 heterocycles. The molecule has 1 N–H and O–H groups in total. The van der Waals surface area contributed by atoms with Gasteiger partial charge in [-0.3, -0.25) is 4.79 Å². The number of carbonyl (C=O) groups excluding carboxylic acids is 1. The molecule has 30 heavy (non-hydrogen) atoms. The first-order chi connectivity index (χ1) is 14.4. The van der Waals surface area contributed by atoms with Crippen LogP contribution in [0.15, 0.2) is 60.7 Å². The van der Waals surface area contributed by atoms with E-state index < -0.39 is 5.97 Å². The van der Waals surface area contributed by atoms with E-state index in [9.17, 15) is 9.59 Å². The Bertz CT molecular complexity index is 1100. The largest absolute Gasteiger partial charge is 0.489 e. The third-order valence-corrected chi connectivity index (χ3v) is 5.63. The van der Waals surface area contributed by atoms with Crippen molar-refractivity contribution in [1.29, 1.82) is 0 Å². The van der Waals surface area contributed by atoms with Crippen molar-refractivity contribution in [3.63, 3.8) is 0 Å². The van der Waals surface area contributed by atoms with Crippen molar-refractivity contribution in [1.82, 2.24) is 0 Å². The monoisotopic (exact) mass is 440 g/mol. The highest BCUT2D eigenvalue weighted by atomic mass is 35.5. The van der Waals surface area contributed by atoms with E-state index in [-0.39, 0.29) is 17.3 Å². The number of hydrogen-bond donors (Lipinski definition) is 1. The topological polar surface area (TPSA) is 63.6 Å². The molecular weight excluding hydrogens is 423 g/mol. The van der Waals surface area contributed by atoms with Crippen LogP contribution in [-0.4, -0.2) is 16.9 Å². The van der Waals surface area contributed by atoms with Gasteiger partial charge in [0.25, 0.3) is 0 Å². The number of carboxylic acids is 1. The molecule has 0 bridgehead atoms. The molecule has 0 fully saturated rings. The number of ether oxygens (including phenoxy) is 1. The van der Waals surface area contributed by atoms with Gasteiger partial charge in [0, 0.05) is 21.5 Å². The summed E-state index contributed by atoms with van der Waals surface area (Å²) in [6, 6.07) is 17.4. The van der Waals surface area contributed by atoms with E-state index in [1.807, 2.05) is 24.3 Å². The molecule has 1 aliphatic carbocycles. The summed E-state index contributed by atoms with van der Waals surface area (Å²) in [6.45, 7) is 0.317. The molecule has 1 unspecified atom stereocenters. The molecular formula is C24H18Cl2O4. The predicted molar refractivity (Wildman–Crippen MR) is 116 cm³/mol. The fourth-order valence-corrected chi connectivity index (χ4v) is 4.31. The van der Waals surface area contributed by atoms with Crippen LogP contribution in [0, 0.1) is 5.92 Å². The standard InChI is InChI=1S/C24H18Cl2O4/c25-19-8-15(9-20(26)12-19)7-18-10-17-11-21(5-6-22(17)23(18)27)30-13-14-1-3-16(4-2-14)24(28)29/h1-6,8-9,11-12,18H,7,10,13H2,(H,28,29). The first-order valence-electron chi connectivity index (χ1n) is 9.46. The predicted octanol–water partition coefficient (Wildman–Crippen LogP) is 5.87. The van der Waals surface area contributed by atoms with E-state index in [2.05, 4.69) is 0 Å². The SMILES string of the molecule is O=C(O)c1ccc(COc2ccc3c(c2)CC(Cc2cc(Cl)cc(Cl)c2)C3=O)cc1. The number of carbonyl (C=O) groups is 2. The Labute approximate surface area is 184 Å². The second-order valence-electron chi connectivity index (χ2n) is 7.36. The Morgan fingerprint density at radius 2 is 1.67 bits per heavy atom. The van der Waals surface area contributed by atoms with E-state index in [1.54, 1.807) is 36.4 Å². The van der Waals surface area contributed by atoms with E-state index in [0.29, 0.717) is 35.2 Å². The smallest absolute Gasteiger partial charge is 0.335 e. The van der Waals surface area contributed by atoms with Crippen molar-refractivity contribution in [2.24, 2.45) is 5.92 Å². The molecule has 0 saturated carbocycles. The van der Waals surface area contributed by atoms with Crippen molar-refractivity contribution >= 4 is 35.0 Å². The molecule has 6 heteroatoms. The molecule has 0 radical (unpaired) electrons. The third-order valence-electron chi connectivity index (χ3n) is 5.19. The molecule has 0 aromatic heterocycles. The van der Waals surface area contributed by atoms with Gasteiger partial charge < -0.3 is 9.84 Å². The summed E-state index contributed by atoms with van der Waals surface area (Å²) in [6.07, 6.45) is 1.22. The van der Waals surface area contributed by atoms with Crippen LogP contribution in [0.3, 0.4) is 0 Å². The van der Waals surface area contributed by atoms with Gasteiger partial charge >= 0.3 is 5.97 Å². The summed E-state index contributed by atoms with van der Waals surface area (Å²) >= 11 is 12.2. The van der Waals surface area contributed by atoms with Gasteiger partial charge in [0.15, 0.2) is 5.78 Å². The van der Waals surface area contributed by atoms with Crippen molar-refractivity contribution in [2.45, 2.75) is 19.4 Å². The highest BCUT2D eigenvalue weighted by molar-refractivity contribution is 6.34. The number of carboxylic acid groups (broad SMARTS) is 1. The minimum Gasteiger partial charge on any atom is -0.489 e. The molecule has 0 aliphatic heterocycles. The maximum Gasteiger partial charge on any atom is 0.335 e. The van der Waals surface area contributed by atoms with Crippen LogP contribution in [0.2, 0.25) is 10.0 Å². The zero-order chi connectivity index (χ0) is 21.3. The molecule has 0 amide bonds. The van der Waals surface area contributed by atoms with Gasteiger partial charge in [-0.1, -0.05) is 35.3 Å². The fraction of sp³-hybridized carbons (Fsp3) is 0.167. The summed E-state index contributed by atoms with van der Waals surface area (Å²) < 4.78 is 5.84. The van der Waals surface area contributed by atoms with Crippen LogP contribution in [0.1, 0.15) is 37.4 Å². The van der Waals surface area contributed by atoms with Crippen molar-refractivity contribution < 1.29 is 19.4 Å². The molecule has 0 saturated heterocycles. The summed E-state index contributed by atoms with van der Waals surface area (Å²) in [5, 5.41) is 10.1. The second kappa shape index (κ2) is 8.50. The summed E-state index contributed by atoms with van der Waals surface area (Å²) in [5.74, 6) is -0.305. The maximum absolute atomic E-state index is 12.8. The molecule has 3 aromatic carbocycles. The number of halogens is 2. The van der Waals surface area contributed by atoms with Crippen LogP contribution in [-0.2, 0) is 19.4 Å². The number of aromatic carboxylic acids is 1. The lowest BCUT2D eigenvalue weighted by atomic mass is 9.96. The summed E-state index contributed by atoms with van der Waals surface area (Å²) in [7, 11) is 0. The van der Waals surface area contributed by atoms with Crippen molar-refractivity contribution in [2.75, 3.05) is 0 Å². The maximum atomic E-state index is 12.8. The average molecular weight is 441 g/mol. The number of rotatable bonds is 6. The van der Waals surface area contributed by atoms with Crippen LogP contribution in [0.5, 0.6) is 5.75 Å². The zero-order valence-electron chi connectivity index (χ0n) is 15.9. The van der Waals surface area contributed by atoms with Crippen molar-refractivity contribution in [3.05, 3.63) is 98.5 Å². The van der Waals surface area contributed by atoms with Gasteiger partial charge in [-0.2, -0.15) is 0 Å². The van der Waals surface area contributed by atoms with Crippen LogP contribution in [0.25, 0.3) is 0 Å². The first-order valence-corrected chi connectivity index (χ1v) is 10.2. The lowest BCUT2D eigenvalue weighted by Crippen LogP contribution is -2.12. The molecule has 1 atom stereocenters. The second-order valence-corrected chi connectivity index (χ2v) is 8.23. The van der Waals surface area contributed by atoms with Crippen LogP contribution < -0.4 is 4.74 Å². The van der Waals surface area contributed by atoms with Gasteiger partial charge in [0.05, 0.1) is 5.56 Å². The zero-order valence-corrected chi connectivity index (χ0v) is 17.4. The van der Waals surface area contributed by atoms with E-state index in [1.165, 1.54) is 0 Å². The minimum atomic E-state index is -0.958. The van der Waals surface area contributed by atoms with E-state index >= 15 is 0 Å². The molecule has 3 aromatic rings. The molecule has 0 spiro atoms. The summed E-state index contributed by atoms with van der Waals surface area (Å²) in [5.41, 5.74) is 3.75. The number of fused-ring (bicyclic) bond motifs is 1. The van der Waals surface area contributed by atoms with Gasteiger partial charge in [-0.25, -0.2) is 4.79 Å². The lowest BCUT2D eigenvalue weighted by Gasteiger charge is -2.09. The van der Waals surface area contributed by atoms with Gasteiger partial charge in [-0.15, -0.1) is 0 Å². The van der Waals surface area contributed by atoms with Crippen molar-refractivity contribution in [3.8, 4) is 5.75 Å². The number of ketones is 1. The molecule has 152 valence electrons. The quantitative estimate of drug-likeness (QED) is 0.520. The fourth-order valence-electron chi connectivity index (χ4n) is 3.74. The van der Waals surface area contributed by atoms with Gasteiger partial charge in [-0.05, 0) is 78.1 Å². The van der Waals surface area contributed by atoms with Gasteiger partial charge in [0.1, 0.15) is 12.4 Å². The number of benzene rings is 3. The molecule has 1 aliphatic rings. The van der Waals surface area contributed by atoms with E-state index in [0.717, 1.165) is 22.3 Å². The van der Waals surface area contributed by atoms with Gasteiger partial charge in [0.2, 0.25) is 0 Å². The highest BCUT2D eigenvalue weighted by Gasteiger charge is 2.30. The Kier molecular flexibility index (Phi) is 5.80. The summed E-state index contributed by atoms with van der Waals surface area (Å²) in [4.78, 5) is 23.7. The number of hydrogen-bond acceptors (Lipinski definition) is 3. The normalized spacial score (nSPS) is 15.1. The average Bonchev–Trinajstić information content (AvgIpc) is 3.00. The Balaban J connectivity index is 1.43. The molecule has 4 nitrogen and oxygen atoms in total. The van der Waals surface area contributed by atoms with E-state index in [4.69, 9.17) is 33.0 Å². The third kappa shape index (κ3) is 4.50. The molecule has 4 rings (SSSR count). The highest BCUT2D eigenvalue weighted by Crippen LogP contribution is 2.33. The first kappa shape index (κ1) is 20.5.